The molecule has 24 heavy (non-hydrogen) atoms. The van der Waals surface area contributed by atoms with Gasteiger partial charge in [-0.05, 0) is 30.0 Å². The highest BCUT2D eigenvalue weighted by molar-refractivity contribution is 5.15. The number of ether oxygens (including phenoxy) is 2. The lowest BCUT2D eigenvalue weighted by Crippen LogP contribution is -2.41. The number of fused-ring (bicyclic) bond motifs is 1. The monoisotopic (exact) mass is 324 g/mol. The van der Waals surface area contributed by atoms with E-state index in [1.807, 2.05) is 12.3 Å². The third kappa shape index (κ3) is 3.51. The average Bonchev–Trinajstić information content (AvgIpc) is 3.00. The highest BCUT2D eigenvalue weighted by Gasteiger charge is 2.44. The topological polar surface area (TPSA) is 34.6 Å². The van der Waals surface area contributed by atoms with Gasteiger partial charge in [-0.3, -0.25) is 9.88 Å². The second-order valence-electron chi connectivity index (χ2n) is 6.67. The molecule has 2 aliphatic heterocycles. The molecule has 0 unspecified atom stereocenters. The van der Waals surface area contributed by atoms with Crippen molar-refractivity contribution in [2.45, 2.75) is 44.2 Å². The summed E-state index contributed by atoms with van der Waals surface area (Å²) in [6.45, 7) is 3.36. The van der Waals surface area contributed by atoms with Gasteiger partial charge in [0, 0.05) is 38.1 Å². The number of aromatic nitrogens is 1. The molecule has 2 saturated heterocycles. The molecule has 2 fully saturated rings. The van der Waals surface area contributed by atoms with Crippen molar-refractivity contribution in [1.82, 2.24) is 9.88 Å². The van der Waals surface area contributed by atoms with Gasteiger partial charge in [0.2, 0.25) is 0 Å². The summed E-state index contributed by atoms with van der Waals surface area (Å²) in [6.07, 6.45) is 6.33. The molecule has 4 heteroatoms. The molecular weight excluding hydrogens is 300 g/mol. The molecule has 0 amide bonds. The highest BCUT2D eigenvalue weighted by atomic mass is 16.5. The van der Waals surface area contributed by atoms with Crippen LogP contribution >= 0.6 is 0 Å². The lowest BCUT2D eigenvalue weighted by Gasteiger charge is -2.32. The summed E-state index contributed by atoms with van der Waals surface area (Å²) in [5.41, 5.74) is 2.47. The Morgan fingerprint density at radius 3 is 2.83 bits per heavy atom. The smallest absolute Gasteiger partial charge is 0.100 e. The van der Waals surface area contributed by atoms with Gasteiger partial charge in [-0.25, -0.2) is 0 Å². The minimum Gasteiger partial charge on any atom is -0.374 e. The summed E-state index contributed by atoms with van der Waals surface area (Å²) in [5.74, 6) is 0. The summed E-state index contributed by atoms with van der Waals surface area (Å²) in [6, 6.07) is 15.2. The Kier molecular flexibility index (Phi) is 4.88. The zero-order valence-corrected chi connectivity index (χ0v) is 13.9. The number of hydrogen-bond donors (Lipinski definition) is 0. The minimum atomic E-state index is 0.138. The number of nitrogens with zero attached hydrogens (tertiary/aromatic N) is 2. The molecule has 0 bridgehead atoms. The van der Waals surface area contributed by atoms with Gasteiger partial charge in [-0.1, -0.05) is 36.4 Å². The maximum atomic E-state index is 6.22. The van der Waals surface area contributed by atoms with Crippen LogP contribution in [0.25, 0.3) is 0 Å². The number of likely N-dealkylation sites (tertiary alicyclic amines) is 1. The first-order valence-corrected chi connectivity index (χ1v) is 8.80. The molecule has 0 saturated carbocycles. The normalized spacial score (nSPS) is 27.1. The molecule has 4 rings (SSSR count). The van der Waals surface area contributed by atoms with E-state index in [0.717, 1.165) is 31.7 Å². The minimum absolute atomic E-state index is 0.138. The largest absolute Gasteiger partial charge is 0.374 e. The standard InChI is InChI=1S/C20H24N2O2/c1-2-6-16(7-3-1)13-22-14-19(20-18(22)9-5-11-23-20)24-15-17-8-4-10-21-12-17/h1-4,6-8,10,12,18-20H,5,9,11,13-15H2/t18-,19-,20+/m1/s1. The molecule has 0 N–H and O–H groups in total. The van der Waals surface area contributed by atoms with Gasteiger partial charge < -0.3 is 9.47 Å². The van der Waals surface area contributed by atoms with Crippen molar-refractivity contribution < 1.29 is 9.47 Å². The molecule has 1 aromatic carbocycles. The molecule has 2 aromatic rings. The molecule has 1 aromatic heterocycles. The molecule has 0 aliphatic carbocycles. The van der Waals surface area contributed by atoms with Crippen LogP contribution in [0.1, 0.15) is 24.0 Å². The molecular formula is C20H24N2O2. The molecule has 0 radical (unpaired) electrons. The number of hydrogen-bond acceptors (Lipinski definition) is 4. The average molecular weight is 324 g/mol. The van der Waals surface area contributed by atoms with Crippen LogP contribution in [0.2, 0.25) is 0 Å². The van der Waals surface area contributed by atoms with Gasteiger partial charge >= 0.3 is 0 Å². The van der Waals surface area contributed by atoms with Crippen molar-refractivity contribution in [1.29, 1.82) is 0 Å². The van der Waals surface area contributed by atoms with Crippen molar-refractivity contribution in [2.24, 2.45) is 0 Å². The Morgan fingerprint density at radius 1 is 1.12 bits per heavy atom. The van der Waals surface area contributed by atoms with E-state index in [9.17, 15) is 0 Å². The Bertz CT molecular complexity index is 635. The van der Waals surface area contributed by atoms with Crippen molar-refractivity contribution in [3.63, 3.8) is 0 Å². The molecule has 126 valence electrons. The lowest BCUT2D eigenvalue weighted by molar-refractivity contribution is -0.0819. The van der Waals surface area contributed by atoms with Crippen LogP contribution in [0.5, 0.6) is 0 Å². The summed E-state index contributed by atoms with van der Waals surface area (Å²) < 4.78 is 12.3. The molecule has 4 nitrogen and oxygen atoms in total. The quantitative estimate of drug-likeness (QED) is 0.847. The van der Waals surface area contributed by atoms with E-state index in [2.05, 4.69) is 46.3 Å². The third-order valence-electron chi connectivity index (χ3n) is 5.00. The molecule has 2 aliphatic rings. The fourth-order valence-corrected chi connectivity index (χ4v) is 3.84. The predicted octanol–water partition coefficient (Wildman–Crippen LogP) is 3.03. The van der Waals surface area contributed by atoms with E-state index in [1.165, 1.54) is 12.0 Å². The summed E-state index contributed by atoms with van der Waals surface area (Å²) in [5, 5.41) is 0. The summed E-state index contributed by atoms with van der Waals surface area (Å²) >= 11 is 0. The van der Waals surface area contributed by atoms with E-state index in [4.69, 9.17) is 9.47 Å². The third-order valence-corrected chi connectivity index (χ3v) is 5.00. The first-order valence-electron chi connectivity index (χ1n) is 8.80. The maximum Gasteiger partial charge on any atom is 0.100 e. The Hall–Kier alpha value is -1.75. The van der Waals surface area contributed by atoms with Crippen LogP contribution < -0.4 is 0 Å². The van der Waals surface area contributed by atoms with Crippen LogP contribution in [-0.2, 0) is 22.6 Å². The van der Waals surface area contributed by atoms with Crippen LogP contribution in [0, 0.1) is 0 Å². The summed E-state index contributed by atoms with van der Waals surface area (Å²) in [4.78, 5) is 6.70. The van der Waals surface area contributed by atoms with E-state index in [-0.39, 0.29) is 12.2 Å². The zero-order chi connectivity index (χ0) is 16.2. The van der Waals surface area contributed by atoms with Crippen LogP contribution in [-0.4, -0.2) is 41.3 Å². The van der Waals surface area contributed by atoms with Gasteiger partial charge in [0.05, 0.1) is 12.7 Å². The highest BCUT2D eigenvalue weighted by Crippen LogP contribution is 2.32. The fourth-order valence-electron chi connectivity index (χ4n) is 3.84. The predicted molar refractivity (Wildman–Crippen MR) is 92.4 cm³/mol. The van der Waals surface area contributed by atoms with E-state index < -0.39 is 0 Å². The molecule has 3 heterocycles. The van der Waals surface area contributed by atoms with Crippen molar-refractivity contribution in [2.75, 3.05) is 13.2 Å². The first kappa shape index (κ1) is 15.8. The number of pyridine rings is 1. The first-order chi connectivity index (χ1) is 11.9. The zero-order valence-electron chi connectivity index (χ0n) is 13.9. The summed E-state index contributed by atoms with van der Waals surface area (Å²) in [7, 11) is 0. The SMILES string of the molecule is c1ccc(CN2C[C@@H](OCc3cccnc3)[C@H]3OCCC[C@H]32)cc1. The van der Waals surface area contributed by atoms with Gasteiger partial charge in [-0.2, -0.15) is 0 Å². The Labute approximate surface area is 143 Å². The fraction of sp³-hybridized carbons (Fsp3) is 0.450. The second-order valence-corrected chi connectivity index (χ2v) is 6.67. The van der Waals surface area contributed by atoms with Gasteiger partial charge in [-0.15, -0.1) is 0 Å². The molecule has 0 spiro atoms. The van der Waals surface area contributed by atoms with Gasteiger partial charge in [0.15, 0.2) is 0 Å². The molecule has 3 atom stereocenters. The van der Waals surface area contributed by atoms with Crippen molar-refractivity contribution in [3.05, 3.63) is 66.0 Å². The van der Waals surface area contributed by atoms with Crippen molar-refractivity contribution >= 4 is 0 Å². The van der Waals surface area contributed by atoms with Gasteiger partial charge in [0.25, 0.3) is 0 Å². The Morgan fingerprint density at radius 2 is 2.00 bits per heavy atom. The van der Waals surface area contributed by atoms with Gasteiger partial charge in [0.1, 0.15) is 6.10 Å². The maximum absolute atomic E-state index is 6.22. The van der Waals surface area contributed by atoms with Crippen LogP contribution in [0.4, 0.5) is 0 Å². The number of benzene rings is 1. The van der Waals surface area contributed by atoms with Crippen molar-refractivity contribution in [3.8, 4) is 0 Å². The van der Waals surface area contributed by atoms with E-state index in [1.54, 1.807) is 6.20 Å². The number of rotatable bonds is 5. The van der Waals surface area contributed by atoms with E-state index >= 15 is 0 Å². The Balaban J connectivity index is 1.43. The lowest BCUT2D eigenvalue weighted by atomic mass is 10.0. The van der Waals surface area contributed by atoms with E-state index in [0.29, 0.717) is 12.6 Å². The van der Waals surface area contributed by atoms with Crippen LogP contribution in [0.3, 0.4) is 0 Å². The van der Waals surface area contributed by atoms with Crippen LogP contribution in [0.15, 0.2) is 54.9 Å². The second kappa shape index (κ2) is 7.43.